The average molecular weight is 384 g/mol. The van der Waals surface area contributed by atoms with Gasteiger partial charge in [-0.1, -0.05) is 18.1 Å². The maximum atomic E-state index is 12.5. The van der Waals surface area contributed by atoms with Crippen LogP contribution >= 0.6 is 11.3 Å². The summed E-state index contributed by atoms with van der Waals surface area (Å²) in [5.41, 5.74) is 0.788. The highest BCUT2D eigenvalue weighted by Gasteiger charge is 2.24. The lowest BCUT2D eigenvalue weighted by Crippen LogP contribution is -2.47. The van der Waals surface area contributed by atoms with Gasteiger partial charge in [0.05, 0.1) is 13.2 Å². The van der Waals surface area contributed by atoms with Crippen molar-refractivity contribution >= 4 is 17.2 Å². The molecule has 1 saturated heterocycles. The normalized spacial score (nSPS) is 16.7. The molecule has 2 heterocycles. The number of amides is 1. The number of aryl methyl sites for hydroxylation is 1. The van der Waals surface area contributed by atoms with Crippen molar-refractivity contribution < 1.29 is 14.3 Å². The predicted molar refractivity (Wildman–Crippen MR) is 108 cm³/mol. The van der Waals surface area contributed by atoms with E-state index in [0.717, 1.165) is 30.6 Å². The number of ether oxygens (including phenoxy) is 2. The lowest BCUT2D eigenvalue weighted by Gasteiger charge is -2.33. The summed E-state index contributed by atoms with van der Waals surface area (Å²) < 4.78 is 11.6. The van der Waals surface area contributed by atoms with Crippen molar-refractivity contribution in [3.8, 4) is 18.1 Å². The molecule has 0 spiro atoms. The van der Waals surface area contributed by atoms with Gasteiger partial charge in [-0.05, 0) is 48.9 Å². The fourth-order valence-electron chi connectivity index (χ4n) is 3.10. The summed E-state index contributed by atoms with van der Waals surface area (Å²) in [6, 6.07) is 11.7. The molecule has 5 heteroatoms. The van der Waals surface area contributed by atoms with Crippen molar-refractivity contribution in [1.29, 1.82) is 0 Å². The smallest absolute Gasteiger partial charge is 0.222 e. The number of terminal acetylenes is 1. The van der Waals surface area contributed by atoms with Crippen LogP contribution in [0.2, 0.25) is 0 Å². The molecule has 4 nitrogen and oxygen atoms in total. The molecule has 2 aromatic rings. The topological polar surface area (TPSA) is 38.8 Å². The Morgan fingerprint density at radius 3 is 3.07 bits per heavy atom. The maximum Gasteiger partial charge on any atom is 0.222 e. The van der Waals surface area contributed by atoms with Gasteiger partial charge in [-0.2, -0.15) is 0 Å². The second-order valence-corrected chi connectivity index (χ2v) is 7.63. The van der Waals surface area contributed by atoms with Crippen LogP contribution in [0, 0.1) is 12.3 Å². The molecule has 0 N–H and O–H groups in total. The van der Waals surface area contributed by atoms with E-state index in [-0.39, 0.29) is 12.0 Å². The number of nitrogens with zero attached hydrogens (tertiary/aromatic N) is 1. The third kappa shape index (κ3) is 6.13. The summed E-state index contributed by atoms with van der Waals surface area (Å²) in [6.45, 7) is 2.21. The van der Waals surface area contributed by atoms with Crippen molar-refractivity contribution in [1.82, 2.24) is 4.90 Å². The zero-order valence-corrected chi connectivity index (χ0v) is 16.2. The standard InChI is InChI=1S/C22H25NO3S/c1-2-18-7-5-8-19(15-18)26-17-20-16-23(12-13-25-20)22(24)11-4-3-9-21-10-6-14-27-21/h1,5-8,10,14-15,20H,3-4,9,11-13,16-17H2. The molecule has 0 saturated carbocycles. The van der Waals surface area contributed by atoms with Crippen LogP contribution in [0.15, 0.2) is 41.8 Å². The van der Waals surface area contributed by atoms with Crippen molar-refractivity contribution in [2.24, 2.45) is 0 Å². The molecule has 1 amide bonds. The van der Waals surface area contributed by atoms with E-state index in [9.17, 15) is 4.79 Å². The van der Waals surface area contributed by atoms with Crippen LogP contribution in [-0.2, 0) is 16.0 Å². The number of carbonyl (C=O) groups excluding carboxylic acids is 1. The van der Waals surface area contributed by atoms with Crippen molar-refractivity contribution in [2.45, 2.75) is 31.8 Å². The number of morpholine rings is 1. The highest BCUT2D eigenvalue weighted by atomic mass is 32.1. The van der Waals surface area contributed by atoms with E-state index >= 15 is 0 Å². The minimum Gasteiger partial charge on any atom is -0.491 e. The van der Waals surface area contributed by atoms with E-state index in [1.54, 1.807) is 11.3 Å². The molecule has 0 bridgehead atoms. The van der Waals surface area contributed by atoms with Crippen molar-refractivity contribution in [3.63, 3.8) is 0 Å². The Balaban J connectivity index is 1.38. The number of unbranched alkanes of at least 4 members (excludes halogenated alkanes) is 1. The van der Waals surface area contributed by atoms with Gasteiger partial charge in [0, 0.05) is 23.4 Å². The van der Waals surface area contributed by atoms with Gasteiger partial charge >= 0.3 is 0 Å². The van der Waals surface area contributed by atoms with Gasteiger partial charge < -0.3 is 14.4 Å². The molecule has 1 aromatic heterocycles. The van der Waals surface area contributed by atoms with Crippen LogP contribution in [0.4, 0.5) is 0 Å². The Bertz CT molecular complexity index is 766. The molecule has 0 aliphatic carbocycles. The fraction of sp³-hybridized carbons (Fsp3) is 0.409. The number of hydrogen-bond donors (Lipinski definition) is 0. The first-order chi connectivity index (χ1) is 13.2. The van der Waals surface area contributed by atoms with Crippen LogP contribution in [0.5, 0.6) is 5.75 Å². The lowest BCUT2D eigenvalue weighted by molar-refractivity contribution is -0.140. The van der Waals surface area contributed by atoms with E-state index in [2.05, 4.69) is 23.4 Å². The van der Waals surface area contributed by atoms with Gasteiger partial charge in [0.25, 0.3) is 0 Å². The summed E-state index contributed by atoms with van der Waals surface area (Å²) in [4.78, 5) is 15.8. The van der Waals surface area contributed by atoms with Crippen LogP contribution in [-0.4, -0.2) is 43.2 Å². The summed E-state index contributed by atoms with van der Waals surface area (Å²) in [7, 11) is 0. The third-order valence-electron chi connectivity index (χ3n) is 4.57. The van der Waals surface area contributed by atoms with E-state index in [1.807, 2.05) is 29.2 Å². The second kappa shape index (κ2) is 10.1. The van der Waals surface area contributed by atoms with Crippen LogP contribution in [0.3, 0.4) is 0 Å². The highest BCUT2D eigenvalue weighted by molar-refractivity contribution is 7.09. The number of benzene rings is 1. The first-order valence-electron chi connectivity index (χ1n) is 9.36. The summed E-state index contributed by atoms with van der Waals surface area (Å²) in [6.07, 6.45) is 8.94. The molecule has 142 valence electrons. The first kappa shape index (κ1) is 19.5. The average Bonchev–Trinajstić information content (AvgIpc) is 3.23. The molecule has 0 radical (unpaired) electrons. The zero-order valence-electron chi connectivity index (χ0n) is 15.4. The maximum absolute atomic E-state index is 12.5. The van der Waals surface area contributed by atoms with Crippen LogP contribution < -0.4 is 4.74 Å². The van der Waals surface area contributed by atoms with E-state index in [1.165, 1.54) is 4.88 Å². The first-order valence-corrected chi connectivity index (χ1v) is 10.2. The van der Waals surface area contributed by atoms with Gasteiger partial charge in [0.2, 0.25) is 5.91 Å². The minimum absolute atomic E-state index is 0.108. The Labute approximate surface area is 165 Å². The summed E-state index contributed by atoms with van der Waals surface area (Å²) >= 11 is 1.78. The largest absolute Gasteiger partial charge is 0.491 e. The summed E-state index contributed by atoms with van der Waals surface area (Å²) in [5.74, 6) is 3.54. The molecular weight excluding hydrogens is 358 g/mol. The number of rotatable bonds is 8. The summed E-state index contributed by atoms with van der Waals surface area (Å²) in [5, 5.41) is 2.10. The number of thiophene rings is 1. The number of carbonyl (C=O) groups is 1. The molecule has 1 atom stereocenters. The van der Waals surface area contributed by atoms with Crippen molar-refractivity contribution in [2.75, 3.05) is 26.3 Å². The predicted octanol–water partition coefficient (Wildman–Crippen LogP) is 3.75. The third-order valence-corrected chi connectivity index (χ3v) is 5.51. The van der Waals surface area contributed by atoms with Gasteiger partial charge in [0.15, 0.2) is 0 Å². The van der Waals surface area contributed by atoms with E-state index in [4.69, 9.17) is 15.9 Å². The Morgan fingerprint density at radius 2 is 2.26 bits per heavy atom. The molecular formula is C22H25NO3S. The quantitative estimate of drug-likeness (QED) is 0.515. The SMILES string of the molecule is C#Cc1cccc(OCC2CN(C(=O)CCCCc3cccs3)CCO2)c1. The highest BCUT2D eigenvalue weighted by Crippen LogP contribution is 2.16. The zero-order chi connectivity index (χ0) is 18.9. The minimum atomic E-state index is -0.108. The van der Waals surface area contributed by atoms with Gasteiger partial charge in [-0.25, -0.2) is 0 Å². The number of hydrogen-bond acceptors (Lipinski definition) is 4. The fourth-order valence-corrected chi connectivity index (χ4v) is 3.85. The van der Waals surface area contributed by atoms with E-state index in [0.29, 0.717) is 32.7 Å². The van der Waals surface area contributed by atoms with Gasteiger partial charge in [-0.3, -0.25) is 4.79 Å². The van der Waals surface area contributed by atoms with Crippen LogP contribution in [0.25, 0.3) is 0 Å². The molecule has 1 aliphatic rings. The molecule has 1 aliphatic heterocycles. The Hall–Kier alpha value is -2.29. The molecule has 27 heavy (non-hydrogen) atoms. The van der Waals surface area contributed by atoms with Gasteiger partial charge in [-0.15, -0.1) is 17.8 Å². The Morgan fingerprint density at radius 1 is 1.33 bits per heavy atom. The van der Waals surface area contributed by atoms with Crippen molar-refractivity contribution in [3.05, 3.63) is 52.2 Å². The lowest BCUT2D eigenvalue weighted by atomic mass is 10.1. The molecule has 3 rings (SSSR count). The monoisotopic (exact) mass is 383 g/mol. The Kier molecular flexibility index (Phi) is 7.32. The second-order valence-electron chi connectivity index (χ2n) is 6.60. The molecule has 1 aromatic carbocycles. The molecule has 1 unspecified atom stereocenters. The van der Waals surface area contributed by atoms with Gasteiger partial charge in [0.1, 0.15) is 18.5 Å². The van der Waals surface area contributed by atoms with E-state index < -0.39 is 0 Å². The molecule has 1 fully saturated rings. The van der Waals surface area contributed by atoms with Crippen LogP contribution in [0.1, 0.15) is 29.7 Å².